The van der Waals surface area contributed by atoms with Crippen LogP contribution in [0.15, 0.2) is 16.2 Å². The molecule has 2 N–H and O–H groups in total. The lowest BCUT2D eigenvalue weighted by Crippen LogP contribution is -2.14. The van der Waals surface area contributed by atoms with Crippen LogP contribution in [0.3, 0.4) is 0 Å². The largest absolute Gasteiger partial charge is 0.369 e. The molecule has 0 atom stereocenters. The third-order valence-corrected chi connectivity index (χ3v) is 3.30. The number of thiazole rings is 1. The van der Waals surface area contributed by atoms with Crippen molar-refractivity contribution in [3.63, 3.8) is 0 Å². The topological polar surface area (TPSA) is 70.7 Å². The summed E-state index contributed by atoms with van der Waals surface area (Å²) in [5, 5.41) is 6.28. The summed E-state index contributed by atoms with van der Waals surface area (Å²) < 4.78 is 0. The van der Waals surface area contributed by atoms with Gasteiger partial charge in [-0.2, -0.15) is 0 Å². The first kappa shape index (κ1) is 12.8. The van der Waals surface area contributed by atoms with Gasteiger partial charge in [0.1, 0.15) is 11.6 Å². The molecule has 0 unspecified atom stereocenters. The number of hydrogen-bond acceptors (Lipinski definition) is 5. The van der Waals surface area contributed by atoms with Gasteiger partial charge in [0.15, 0.2) is 0 Å². The maximum Gasteiger partial charge on any atom is 0.252 e. The van der Waals surface area contributed by atoms with Crippen molar-refractivity contribution in [2.45, 2.75) is 26.7 Å². The lowest BCUT2D eigenvalue weighted by atomic mass is 10.3. The van der Waals surface area contributed by atoms with Crippen molar-refractivity contribution in [2.24, 2.45) is 0 Å². The summed E-state index contributed by atoms with van der Waals surface area (Å²) in [7, 11) is 0. The number of anilines is 1. The number of nitrogens with one attached hydrogen (secondary N) is 2. The lowest BCUT2D eigenvalue weighted by Gasteiger charge is -2.05. The number of nitrogens with zero attached hydrogens (tertiary/aromatic N) is 2. The van der Waals surface area contributed by atoms with Crippen LogP contribution in [-0.2, 0) is 12.8 Å². The molecule has 0 amide bonds. The monoisotopic (exact) mass is 264 g/mol. The smallest absolute Gasteiger partial charge is 0.252 e. The average Bonchev–Trinajstić information content (AvgIpc) is 2.74. The minimum atomic E-state index is -0.117. The maximum absolute atomic E-state index is 11.4. The Morgan fingerprint density at radius 1 is 1.44 bits per heavy atom. The van der Waals surface area contributed by atoms with E-state index >= 15 is 0 Å². The predicted molar refractivity (Wildman–Crippen MR) is 73.3 cm³/mol. The van der Waals surface area contributed by atoms with E-state index in [1.807, 2.05) is 13.8 Å². The fraction of sp³-hybridized carbons (Fsp3) is 0.417. The van der Waals surface area contributed by atoms with Crippen LogP contribution in [0.5, 0.6) is 0 Å². The highest BCUT2D eigenvalue weighted by Gasteiger charge is 2.01. The maximum atomic E-state index is 11.4. The van der Waals surface area contributed by atoms with Gasteiger partial charge >= 0.3 is 0 Å². The summed E-state index contributed by atoms with van der Waals surface area (Å²) in [6.07, 6.45) is 1.55. The number of aromatic nitrogens is 3. The van der Waals surface area contributed by atoms with Crippen LogP contribution in [0.1, 0.15) is 23.4 Å². The van der Waals surface area contributed by atoms with E-state index in [9.17, 15) is 4.79 Å². The summed E-state index contributed by atoms with van der Waals surface area (Å²) >= 11 is 1.65. The highest BCUT2D eigenvalue weighted by molar-refractivity contribution is 7.09. The second-order valence-electron chi connectivity index (χ2n) is 3.97. The van der Waals surface area contributed by atoms with Crippen molar-refractivity contribution >= 4 is 17.2 Å². The van der Waals surface area contributed by atoms with Gasteiger partial charge < -0.3 is 10.3 Å². The van der Waals surface area contributed by atoms with E-state index in [0.717, 1.165) is 30.1 Å². The quantitative estimate of drug-likeness (QED) is 0.863. The Labute approximate surface area is 109 Å². The molecule has 2 aromatic rings. The van der Waals surface area contributed by atoms with E-state index in [1.165, 1.54) is 6.07 Å². The van der Waals surface area contributed by atoms with E-state index in [4.69, 9.17) is 0 Å². The second kappa shape index (κ2) is 5.77. The van der Waals surface area contributed by atoms with E-state index in [2.05, 4.69) is 25.6 Å². The Balaban J connectivity index is 1.94. The van der Waals surface area contributed by atoms with Crippen molar-refractivity contribution < 1.29 is 0 Å². The van der Waals surface area contributed by atoms with Crippen LogP contribution < -0.4 is 10.9 Å². The molecule has 0 saturated heterocycles. The van der Waals surface area contributed by atoms with Crippen molar-refractivity contribution in [3.05, 3.63) is 38.3 Å². The molecule has 0 bridgehead atoms. The molecule has 96 valence electrons. The van der Waals surface area contributed by atoms with Gasteiger partial charge in [-0.3, -0.25) is 4.79 Å². The van der Waals surface area contributed by atoms with Crippen molar-refractivity contribution in [1.82, 2.24) is 15.0 Å². The minimum Gasteiger partial charge on any atom is -0.369 e. The third-order valence-electron chi connectivity index (χ3n) is 2.48. The Hall–Kier alpha value is -1.69. The highest BCUT2D eigenvalue weighted by Crippen LogP contribution is 2.08. The molecule has 5 nitrogen and oxygen atoms in total. The summed E-state index contributed by atoms with van der Waals surface area (Å²) in [6, 6.07) is 1.48. The molecule has 2 rings (SSSR count). The Bertz CT molecular complexity index is 575. The van der Waals surface area contributed by atoms with E-state index in [0.29, 0.717) is 11.6 Å². The molecular formula is C12H16N4OS. The van der Waals surface area contributed by atoms with Crippen LogP contribution in [0.2, 0.25) is 0 Å². The average molecular weight is 264 g/mol. The zero-order valence-electron chi connectivity index (χ0n) is 10.5. The predicted octanol–water partition coefficient (Wildman–Crippen LogP) is 1.75. The van der Waals surface area contributed by atoms with Crippen LogP contribution in [0, 0.1) is 6.92 Å². The lowest BCUT2D eigenvalue weighted by molar-refractivity contribution is 0.903. The minimum absolute atomic E-state index is 0.117. The fourth-order valence-corrected chi connectivity index (χ4v) is 2.25. The molecule has 0 aliphatic heterocycles. The molecule has 2 heterocycles. The van der Waals surface area contributed by atoms with Crippen molar-refractivity contribution in [3.8, 4) is 0 Å². The van der Waals surface area contributed by atoms with Gasteiger partial charge in [-0.25, -0.2) is 9.97 Å². The molecule has 0 aliphatic carbocycles. The highest BCUT2D eigenvalue weighted by atomic mass is 32.1. The van der Waals surface area contributed by atoms with E-state index < -0.39 is 0 Å². The fourth-order valence-electron chi connectivity index (χ4n) is 1.61. The Morgan fingerprint density at radius 3 is 2.94 bits per heavy atom. The first-order valence-electron chi connectivity index (χ1n) is 5.92. The van der Waals surface area contributed by atoms with Crippen LogP contribution >= 0.6 is 11.3 Å². The van der Waals surface area contributed by atoms with Crippen molar-refractivity contribution in [2.75, 3.05) is 11.9 Å². The molecule has 6 heteroatoms. The summed E-state index contributed by atoms with van der Waals surface area (Å²) in [6.45, 7) is 4.68. The Kier molecular flexibility index (Phi) is 4.09. The van der Waals surface area contributed by atoms with Gasteiger partial charge in [0.05, 0.1) is 10.7 Å². The van der Waals surface area contributed by atoms with Gasteiger partial charge in [-0.05, 0) is 6.92 Å². The summed E-state index contributed by atoms with van der Waals surface area (Å²) in [5.41, 5.74) is 0.958. The second-order valence-corrected chi connectivity index (χ2v) is 5.03. The third kappa shape index (κ3) is 3.40. The summed E-state index contributed by atoms with van der Waals surface area (Å²) in [4.78, 5) is 22.7. The molecular weight excluding hydrogens is 248 g/mol. The van der Waals surface area contributed by atoms with Gasteiger partial charge in [-0.1, -0.05) is 6.92 Å². The van der Waals surface area contributed by atoms with Crippen molar-refractivity contribution in [1.29, 1.82) is 0 Å². The number of hydrogen-bond donors (Lipinski definition) is 2. The molecule has 0 aromatic carbocycles. The molecule has 18 heavy (non-hydrogen) atoms. The number of aryl methyl sites for hydroxylation is 2. The summed E-state index contributed by atoms with van der Waals surface area (Å²) in [5.74, 6) is 1.33. The molecule has 2 aromatic heterocycles. The molecule has 0 radical (unpaired) electrons. The van der Waals surface area contributed by atoms with E-state index in [-0.39, 0.29) is 5.56 Å². The van der Waals surface area contributed by atoms with Gasteiger partial charge in [-0.15, -0.1) is 11.3 Å². The van der Waals surface area contributed by atoms with Gasteiger partial charge in [0, 0.05) is 30.8 Å². The van der Waals surface area contributed by atoms with Crippen LogP contribution in [0.25, 0.3) is 0 Å². The zero-order chi connectivity index (χ0) is 13.0. The van der Waals surface area contributed by atoms with Crippen LogP contribution in [0.4, 0.5) is 5.82 Å². The molecule has 0 saturated carbocycles. The van der Waals surface area contributed by atoms with Crippen LogP contribution in [-0.4, -0.2) is 21.5 Å². The van der Waals surface area contributed by atoms with Gasteiger partial charge in [0.2, 0.25) is 0 Å². The Morgan fingerprint density at radius 2 is 2.28 bits per heavy atom. The molecule has 0 aliphatic rings. The standard InChI is InChI=1S/C12H16N4OS/c1-3-10-15-11(6-12(17)16-10)13-5-4-9-7-18-8(2)14-9/h6-7H,3-5H2,1-2H3,(H2,13,15,16,17). The number of rotatable bonds is 5. The van der Waals surface area contributed by atoms with E-state index in [1.54, 1.807) is 11.3 Å². The first-order valence-corrected chi connectivity index (χ1v) is 6.80. The SMILES string of the molecule is CCc1nc(NCCc2csc(C)n2)cc(=O)[nH]1. The zero-order valence-corrected chi connectivity index (χ0v) is 11.3. The number of H-pyrrole nitrogens is 1. The molecule has 0 spiro atoms. The first-order chi connectivity index (χ1) is 8.67. The van der Waals surface area contributed by atoms with Gasteiger partial charge in [0.25, 0.3) is 5.56 Å². The number of aromatic amines is 1. The molecule has 0 fully saturated rings. The normalized spacial score (nSPS) is 10.6.